The van der Waals surface area contributed by atoms with Crippen molar-refractivity contribution in [1.29, 1.82) is 0 Å². The molecule has 3 aliphatic rings. The van der Waals surface area contributed by atoms with Crippen molar-refractivity contribution in [2.45, 2.75) is 38.3 Å². The van der Waals surface area contributed by atoms with Crippen molar-refractivity contribution in [3.63, 3.8) is 0 Å². The van der Waals surface area contributed by atoms with Crippen LogP contribution in [0.25, 0.3) is 0 Å². The van der Waals surface area contributed by atoms with Crippen LogP contribution in [0, 0.1) is 5.92 Å². The summed E-state index contributed by atoms with van der Waals surface area (Å²) in [5.41, 5.74) is 7.92. The highest BCUT2D eigenvalue weighted by atomic mass is 16.2. The number of hydrogen-bond donors (Lipinski definition) is 1. The highest BCUT2D eigenvalue weighted by Gasteiger charge is 2.43. The maximum Gasteiger partial charge on any atom is 0.265 e. The Balaban J connectivity index is 1.49. The third-order valence-electron chi connectivity index (χ3n) is 5.50. The topological polar surface area (TPSA) is 88.6 Å². The van der Waals surface area contributed by atoms with Gasteiger partial charge in [-0.05, 0) is 30.9 Å². The van der Waals surface area contributed by atoms with Crippen LogP contribution in [0.3, 0.4) is 0 Å². The molecule has 4 rings (SSSR count). The summed E-state index contributed by atoms with van der Waals surface area (Å²) in [4.78, 5) is 40.1. The lowest BCUT2D eigenvalue weighted by Gasteiger charge is -2.30. The molecular formula is C17H22N4O3. The van der Waals surface area contributed by atoms with Crippen LogP contribution in [0.1, 0.15) is 41.0 Å². The second kappa shape index (κ2) is 5.36. The quantitative estimate of drug-likeness (QED) is 0.847. The zero-order valence-electron chi connectivity index (χ0n) is 13.8. The number of rotatable bonds is 3. The smallest absolute Gasteiger partial charge is 0.265 e. The number of likely N-dealkylation sites (tertiary alicyclic amines) is 1. The lowest BCUT2D eigenvalue weighted by Crippen LogP contribution is -2.41. The predicted molar refractivity (Wildman–Crippen MR) is 85.9 cm³/mol. The lowest BCUT2D eigenvalue weighted by atomic mass is 10.0. The van der Waals surface area contributed by atoms with E-state index in [2.05, 4.69) is 0 Å². The van der Waals surface area contributed by atoms with E-state index in [9.17, 15) is 14.4 Å². The highest BCUT2D eigenvalue weighted by molar-refractivity contribution is 5.92. The fourth-order valence-corrected chi connectivity index (χ4v) is 3.96. The van der Waals surface area contributed by atoms with E-state index >= 15 is 0 Å². The Morgan fingerprint density at radius 3 is 2.71 bits per heavy atom. The maximum atomic E-state index is 12.8. The molecule has 0 radical (unpaired) electrons. The van der Waals surface area contributed by atoms with Crippen molar-refractivity contribution in [2.24, 2.45) is 18.7 Å². The third kappa shape index (κ3) is 2.39. The van der Waals surface area contributed by atoms with Crippen LogP contribution in [0.5, 0.6) is 0 Å². The van der Waals surface area contributed by atoms with E-state index < -0.39 is 5.91 Å². The molecule has 1 aromatic rings. The molecule has 3 heterocycles. The normalized spacial score (nSPS) is 23.5. The molecule has 1 saturated heterocycles. The number of aromatic nitrogens is 1. The Labute approximate surface area is 140 Å². The molecule has 1 atom stereocenters. The third-order valence-corrected chi connectivity index (χ3v) is 5.50. The summed E-state index contributed by atoms with van der Waals surface area (Å²) in [7, 11) is 1.81. The van der Waals surface area contributed by atoms with E-state index in [1.54, 1.807) is 11.6 Å². The number of amides is 3. The van der Waals surface area contributed by atoms with Crippen LogP contribution in [-0.4, -0.2) is 51.2 Å². The van der Waals surface area contributed by atoms with E-state index in [-0.39, 0.29) is 17.7 Å². The highest BCUT2D eigenvalue weighted by Crippen LogP contribution is 2.34. The average molecular weight is 330 g/mol. The van der Waals surface area contributed by atoms with E-state index in [0.29, 0.717) is 37.8 Å². The number of primary amides is 1. The summed E-state index contributed by atoms with van der Waals surface area (Å²) in [6, 6.07) is 2.20. The number of nitrogens with two attached hydrogens (primary N) is 1. The van der Waals surface area contributed by atoms with Gasteiger partial charge in [0.2, 0.25) is 11.8 Å². The van der Waals surface area contributed by atoms with Gasteiger partial charge in [-0.2, -0.15) is 0 Å². The monoisotopic (exact) mass is 330 g/mol. The van der Waals surface area contributed by atoms with Crippen LogP contribution < -0.4 is 5.73 Å². The number of nitrogens with zero attached hydrogens (tertiary/aromatic N) is 3. The number of fused-ring (bicyclic) bond motifs is 1. The van der Waals surface area contributed by atoms with Crippen molar-refractivity contribution in [3.8, 4) is 0 Å². The van der Waals surface area contributed by atoms with E-state index in [1.165, 1.54) is 0 Å². The van der Waals surface area contributed by atoms with Gasteiger partial charge in [0, 0.05) is 38.3 Å². The molecule has 7 nitrogen and oxygen atoms in total. The summed E-state index contributed by atoms with van der Waals surface area (Å²) in [6.45, 7) is 1.67. The fraction of sp³-hybridized carbons (Fsp3) is 0.588. The van der Waals surface area contributed by atoms with Gasteiger partial charge in [0.25, 0.3) is 5.91 Å². The number of hydrogen-bond acceptors (Lipinski definition) is 3. The fourth-order valence-electron chi connectivity index (χ4n) is 3.96. The van der Waals surface area contributed by atoms with Crippen molar-refractivity contribution < 1.29 is 14.4 Å². The molecule has 2 fully saturated rings. The first-order chi connectivity index (χ1) is 11.5. The Kier molecular flexibility index (Phi) is 3.40. The van der Waals surface area contributed by atoms with Crippen molar-refractivity contribution in [3.05, 3.63) is 23.0 Å². The Morgan fingerprint density at radius 2 is 2.04 bits per heavy atom. The molecule has 7 heteroatoms. The zero-order valence-corrected chi connectivity index (χ0v) is 13.8. The summed E-state index contributed by atoms with van der Waals surface area (Å²) < 4.78 is 1.79. The SMILES string of the molecule is Cn1c(C(N)=O)cc2c1CN(C(=O)[C@@H]1CC(=O)N(C3CC3)C1)CC2. The molecular weight excluding hydrogens is 308 g/mol. The maximum absolute atomic E-state index is 12.8. The van der Waals surface area contributed by atoms with Gasteiger partial charge in [-0.1, -0.05) is 0 Å². The summed E-state index contributed by atoms with van der Waals surface area (Å²) in [5, 5.41) is 0. The molecule has 1 aliphatic carbocycles. The molecule has 0 aromatic carbocycles. The van der Waals surface area contributed by atoms with Crippen LogP contribution in [0.4, 0.5) is 0 Å². The van der Waals surface area contributed by atoms with Gasteiger partial charge in [-0.25, -0.2) is 0 Å². The molecule has 0 bridgehead atoms. The van der Waals surface area contributed by atoms with Gasteiger partial charge in [-0.3, -0.25) is 14.4 Å². The lowest BCUT2D eigenvalue weighted by molar-refractivity contribution is -0.136. The molecule has 128 valence electrons. The van der Waals surface area contributed by atoms with Gasteiger partial charge < -0.3 is 20.1 Å². The largest absolute Gasteiger partial charge is 0.364 e. The average Bonchev–Trinajstić information content (AvgIpc) is 3.25. The second-order valence-corrected chi connectivity index (χ2v) is 7.11. The standard InChI is InChI=1S/C17H22N4O3/c1-19-13(16(18)23)6-10-4-5-20(9-14(10)19)17(24)11-7-15(22)21(8-11)12-2-3-12/h6,11-12H,2-5,7-9H2,1H3,(H2,18,23)/t11-/m1/s1. The molecule has 0 spiro atoms. The van der Waals surface area contributed by atoms with E-state index in [0.717, 1.165) is 30.5 Å². The van der Waals surface area contributed by atoms with E-state index in [4.69, 9.17) is 5.73 Å². The molecule has 2 aliphatic heterocycles. The summed E-state index contributed by atoms with van der Waals surface area (Å²) in [6.07, 6.45) is 3.19. The molecule has 0 unspecified atom stereocenters. The van der Waals surface area contributed by atoms with Gasteiger partial charge >= 0.3 is 0 Å². The Hall–Kier alpha value is -2.31. The summed E-state index contributed by atoms with van der Waals surface area (Å²) in [5.74, 6) is -0.510. The number of carbonyl (C=O) groups is 3. The van der Waals surface area contributed by atoms with Crippen LogP contribution >= 0.6 is 0 Å². The molecule has 2 N–H and O–H groups in total. The first-order valence-electron chi connectivity index (χ1n) is 8.51. The van der Waals surface area contributed by atoms with Crippen LogP contribution in [0.15, 0.2) is 6.07 Å². The van der Waals surface area contributed by atoms with Gasteiger partial charge in [0.1, 0.15) is 5.69 Å². The Morgan fingerprint density at radius 1 is 1.29 bits per heavy atom. The van der Waals surface area contributed by atoms with Gasteiger partial charge in [0.05, 0.1) is 12.5 Å². The van der Waals surface area contributed by atoms with Crippen LogP contribution in [-0.2, 0) is 29.6 Å². The first kappa shape index (κ1) is 15.2. The molecule has 1 aromatic heterocycles. The van der Waals surface area contributed by atoms with Crippen molar-refractivity contribution in [1.82, 2.24) is 14.4 Å². The van der Waals surface area contributed by atoms with Crippen molar-refractivity contribution in [2.75, 3.05) is 13.1 Å². The summed E-state index contributed by atoms with van der Waals surface area (Å²) >= 11 is 0. The van der Waals surface area contributed by atoms with Crippen LogP contribution in [0.2, 0.25) is 0 Å². The zero-order chi connectivity index (χ0) is 17.0. The predicted octanol–water partition coefficient (Wildman–Crippen LogP) is 0.0196. The van der Waals surface area contributed by atoms with Gasteiger partial charge in [-0.15, -0.1) is 0 Å². The second-order valence-electron chi connectivity index (χ2n) is 7.11. The molecule has 1 saturated carbocycles. The van der Waals surface area contributed by atoms with Crippen molar-refractivity contribution >= 4 is 17.7 Å². The first-order valence-corrected chi connectivity index (χ1v) is 8.51. The minimum absolute atomic E-state index is 0.0546. The minimum atomic E-state index is -0.453. The Bertz CT molecular complexity index is 734. The molecule has 3 amide bonds. The van der Waals surface area contributed by atoms with E-state index in [1.807, 2.05) is 15.9 Å². The minimum Gasteiger partial charge on any atom is -0.364 e. The van der Waals surface area contributed by atoms with Gasteiger partial charge in [0.15, 0.2) is 0 Å². The molecule has 24 heavy (non-hydrogen) atoms. The number of carbonyl (C=O) groups excluding carboxylic acids is 3.